The van der Waals surface area contributed by atoms with Crippen molar-refractivity contribution in [2.24, 2.45) is 0 Å². The van der Waals surface area contributed by atoms with E-state index in [9.17, 15) is 5.11 Å². The summed E-state index contributed by atoms with van der Waals surface area (Å²) in [4.78, 5) is 0. The van der Waals surface area contributed by atoms with Gasteiger partial charge in [-0.3, -0.25) is 0 Å². The molecule has 5 nitrogen and oxygen atoms in total. The van der Waals surface area contributed by atoms with Gasteiger partial charge in [-0.25, -0.2) is 0 Å². The van der Waals surface area contributed by atoms with Gasteiger partial charge in [-0.1, -0.05) is 91.0 Å². The molecule has 0 aromatic heterocycles. The molecule has 0 spiro atoms. The van der Waals surface area contributed by atoms with E-state index in [4.69, 9.17) is 18.9 Å². The van der Waals surface area contributed by atoms with Crippen LogP contribution in [0, 0.1) is 0 Å². The van der Waals surface area contributed by atoms with Gasteiger partial charge in [0.1, 0.15) is 12.2 Å². The largest absolute Gasteiger partial charge is 0.366 e. The van der Waals surface area contributed by atoms with Crippen LogP contribution in [0.2, 0.25) is 0 Å². The van der Waals surface area contributed by atoms with Gasteiger partial charge < -0.3 is 24.1 Å². The molecule has 0 bridgehead atoms. The van der Waals surface area contributed by atoms with Crippen molar-refractivity contribution in [2.45, 2.75) is 44.6 Å². The van der Waals surface area contributed by atoms with Crippen molar-refractivity contribution in [1.82, 2.24) is 0 Å². The standard InChI is InChI=1S/C25H26O5/c26-24-22(27-16-19-10-4-1-5-11-19)23(28-17-20-12-6-2-7-13-20)25(30-24)29-18-21-14-8-3-9-15-21/h1-15,22-26H,16-18H2. The van der Waals surface area contributed by atoms with Crippen LogP contribution in [-0.2, 0) is 38.8 Å². The highest BCUT2D eigenvalue weighted by Gasteiger charge is 2.46. The Kier molecular flexibility index (Phi) is 7.24. The molecule has 1 heterocycles. The molecule has 4 atom stereocenters. The van der Waals surface area contributed by atoms with Gasteiger partial charge in [0.05, 0.1) is 19.8 Å². The first-order valence-electron chi connectivity index (χ1n) is 10.1. The second kappa shape index (κ2) is 10.5. The first kappa shape index (κ1) is 20.7. The molecule has 0 radical (unpaired) electrons. The Hall–Kier alpha value is -2.54. The van der Waals surface area contributed by atoms with Crippen molar-refractivity contribution >= 4 is 0 Å². The Bertz CT molecular complexity index is 872. The summed E-state index contributed by atoms with van der Waals surface area (Å²) in [7, 11) is 0. The highest BCUT2D eigenvalue weighted by molar-refractivity contribution is 5.15. The summed E-state index contributed by atoms with van der Waals surface area (Å²) < 4.78 is 23.8. The van der Waals surface area contributed by atoms with E-state index in [2.05, 4.69) is 0 Å². The Morgan fingerprint density at radius 2 is 0.967 bits per heavy atom. The first-order valence-corrected chi connectivity index (χ1v) is 10.1. The number of benzene rings is 3. The van der Waals surface area contributed by atoms with Crippen molar-refractivity contribution in [1.29, 1.82) is 0 Å². The monoisotopic (exact) mass is 406 g/mol. The summed E-state index contributed by atoms with van der Waals surface area (Å²) in [5, 5.41) is 10.5. The summed E-state index contributed by atoms with van der Waals surface area (Å²) in [5.74, 6) is 0. The van der Waals surface area contributed by atoms with Gasteiger partial charge in [0.2, 0.25) is 0 Å². The molecular weight excluding hydrogens is 380 g/mol. The van der Waals surface area contributed by atoms with Gasteiger partial charge in [0.25, 0.3) is 0 Å². The Labute approximate surface area is 176 Å². The number of rotatable bonds is 9. The fourth-order valence-electron chi connectivity index (χ4n) is 3.38. The Morgan fingerprint density at radius 1 is 0.567 bits per heavy atom. The predicted octanol–water partition coefficient (Wildman–Crippen LogP) is 4.05. The molecule has 1 aliphatic heterocycles. The Morgan fingerprint density at radius 3 is 1.43 bits per heavy atom. The summed E-state index contributed by atoms with van der Waals surface area (Å²) in [6, 6.07) is 29.5. The lowest BCUT2D eigenvalue weighted by molar-refractivity contribution is -0.215. The van der Waals surface area contributed by atoms with E-state index in [0.29, 0.717) is 19.8 Å². The van der Waals surface area contributed by atoms with Crippen molar-refractivity contribution in [3.05, 3.63) is 108 Å². The van der Waals surface area contributed by atoms with E-state index in [0.717, 1.165) is 16.7 Å². The van der Waals surface area contributed by atoms with Crippen molar-refractivity contribution in [3.8, 4) is 0 Å². The van der Waals surface area contributed by atoms with Crippen molar-refractivity contribution in [2.75, 3.05) is 0 Å². The molecule has 30 heavy (non-hydrogen) atoms. The average molecular weight is 406 g/mol. The summed E-state index contributed by atoms with van der Waals surface area (Å²) in [5.41, 5.74) is 3.06. The van der Waals surface area contributed by atoms with Crippen LogP contribution in [0.5, 0.6) is 0 Å². The highest BCUT2D eigenvalue weighted by Crippen LogP contribution is 2.28. The van der Waals surface area contributed by atoms with Crippen LogP contribution < -0.4 is 0 Å². The van der Waals surface area contributed by atoms with Crippen LogP contribution in [0.4, 0.5) is 0 Å². The van der Waals surface area contributed by atoms with E-state index in [1.165, 1.54) is 0 Å². The molecule has 3 aromatic rings. The molecule has 1 aliphatic rings. The Balaban J connectivity index is 1.43. The zero-order valence-electron chi connectivity index (χ0n) is 16.7. The number of aliphatic hydroxyl groups is 1. The maximum atomic E-state index is 10.5. The SMILES string of the molecule is OC1OC(OCc2ccccc2)C(OCc2ccccc2)C1OCc1ccccc1. The third-order valence-electron chi connectivity index (χ3n) is 4.97. The van der Waals surface area contributed by atoms with E-state index in [1.54, 1.807) is 0 Å². The molecule has 4 rings (SSSR count). The molecule has 3 aromatic carbocycles. The number of ether oxygens (including phenoxy) is 4. The van der Waals surface area contributed by atoms with Crippen LogP contribution in [0.15, 0.2) is 91.0 Å². The first-order chi connectivity index (χ1) is 14.8. The molecule has 4 unspecified atom stereocenters. The quantitative estimate of drug-likeness (QED) is 0.581. The van der Waals surface area contributed by atoms with Crippen LogP contribution in [0.1, 0.15) is 16.7 Å². The van der Waals surface area contributed by atoms with Gasteiger partial charge in [-0.05, 0) is 16.7 Å². The molecular formula is C25H26O5. The zero-order valence-corrected chi connectivity index (χ0v) is 16.7. The molecule has 5 heteroatoms. The summed E-state index contributed by atoms with van der Waals surface area (Å²) in [6.45, 7) is 1.08. The third-order valence-corrected chi connectivity index (χ3v) is 4.97. The summed E-state index contributed by atoms with van der Waals surface area (Å²) >= 11 is 0. The minimum Gasteiger partial charge on any atom is -0.366 e. The van der Waals surface area contributed by atoms with E-state index in [1.807, 2.05) is 91.0 Å². The number of hydrogen-bond acceptors (Lipinski definition) is 5. The maximum Gasteiger partial charge on any atom is 0.190 e. The molecule has 0 amide bonds. The van der Waals surface area contributed by atoms with E-state index in [-0.39, 0.29) is 0 Å². The van der Waals surface area contributed by atoms with Crippen LogP contribution in [0.25, 0.3) is 0 Å². The molecule has 1 N–H and O–H groups in total. The zero-order chi connectivity index (χ0) is 20.6. The van der Waals surface area contributed by atoms with Gasteiger partial charge in [-0.2, -0.15) is 0 Å². The normalized spacial score (nSPS) is 23.5. The van der Waals surface area contributed by atoms with Crippen LogP contribution in [0.3, 0.4) is 0 Å². The van der Waals surface area contributed by atoms with Crippen LogP contribution in [-0.4, -0.2) is 29.9 Å². The average Bonchev–Trinajstić information content (AvgIpc) is 3.11. The van der Waals surface area contributed by atoms with Crippen molar-refractivity contribution in [3.63, 3.8) is 0 Å². The van der Waals surface area contributed by atoms with Crippen molar-refractivity contribution < 1.29 is 24.1 Å². The van der Waals surface area contributed by atoms with E-state index >= 15 is 0 Å². The maximum absolute atomic E-state index is 10.5. The lowest BCUT2D eigenvalue weighted by Gasteiger charge is -2.24. The second-order valence-corrected chi connectivity index (χ2v) is 7.21. The third kappa shape index (κ3) is 5.53. The van der Waals surface area contributed by atoms with Gasteiger partial charge in [-0.15, -0.1) is 0 Å². The molecule has 1 saturated heterocycles. The highest BCUT2D eigenvalue weighted by atomic mass is 16.8. The van der Waals surface area contributed by atoms with Gasteiger partial charge in [0, 0.05) is 0 Å². The fraction of sp³-hybridized carbons (Fsp3) is 0.280. The molecule has 1 fully saturated rings. The smallest absolute Gasteiger partial charge is 0.190 e. The number of hydrogen-bond donors (Lipinski definition) is 1. The van der Waals surface area contributed by atoms with Crippen LogP contribution >= 0.6 is 0 Å². The fourth-order valence-corrected chi connectivity index (χ4v) is 3.38. The number of aliphatic hydroxyl groups excluding tert-OH is 1. The minimum absolute atomic E-state index is 0.350. The summed E-state index contributed by atoms with van der Waals surface area (Å²) in [6.07, 6.45) is -3.08. The van der Waals surface area contributed by atoms with E-state index < -0.39 is 24.8 Å². The second-order valence-electron chi connectivity index (χ2n) is 7.21. The lowest BCUT2D eigenvalue weighted by atomic mass is 10.2. The minimum atomic E-state index is -1.13. The molecule has 156 valence electrons. The lowest BCUT2D eigenvalue weighted by Crippen LogP contribution is -2.38. The topological polar surface area (TPSA) is 57.2 Å². The van der Waals surface area contributed by atoms with Gasteiger partial charge >= 0.3 is 0 Å². The molecule has 0 saturated carbocycles. The molecule has 0 aliphatic carbocycles. The van der Waals surface area contributed by atoms with Gasteiger partial charge in [0.15, 0.2) is 12.6 Å². The predicted molar refractivity (Wildman–Crippen MR) is 112 cm³/mol.